The maximum Gasteiger partial charge on any atom is 0.151 e. The minimum Gasteiger partial charge on any atom is -0.369 e. The van der Waals surface area contributed by atoms with Crippen molar-refractivity contribution in [1.82, 2.24) is 9.88 Å². The predicted octanol–water partition coefficient (Wildman–Crippen LogP) is 7.38. The lowest BCUT2D eigenvalue weighted by atomic mass is 9.98. The van der Waals surface area contributed by atoms with Gasteiger partial charge in [0.15, 0.2) is 6.29 Å². The van der Waals surface area contributed by atoms with Crippen LogP contribution in [0.3, 0.4) is 0 Å². The Hall–Kier alpha value is -3.15. The molecule has 2 heterocycles. The molecule has 0 saturated heterocycles. The Balaban J connectivity index is 1.63. The molecule has 0 spiro atoms. The van der Waals surface area contributed by atoms with Crippen LogP contribution in [0.15, 0.2) is 119 Å². The summed E-state index contributed by atoms with van der Waals surface area (Å²) in [6.45, 7) is 0. The Kier molecular flexibility index (Phi) is 6.42. The van der Waals surface area contributed by atoms with Crippen molar-refractivity contribution in [2.45, 2.75) is 20.4 Å². The molecule has 1 atom stereocenters. The number of aldehydes is 1. The van der Waals surface area contributed by atoms with Gasteiger partial charge in [0, 0.05) is 50.8 Å². The van der Waals surface area contributed by atoms with Gasteiger partial charge in [-0.25, -0.2) is 0 Å². The third-order valence-corrected chi connectivity index (χ3v) is 8.24. The molecule has 33 heavy (non-hydrogen) atoms. The number of H-pyrrole nitrogens is 1. The van der Waals surface area contributed by atoms with E-state index in [0.717, 1.165) is 11.8 Å². The minimum absolute atomic E-state index is 0.0371. The maximum absolute atomic E-state index is 11.3. The van der Waals surface area contributed by atoms with E-state index >= 15 is 0 Å². The fourth-order valence-electron chi connectivity index (χ4n) is 4.14. The number of para-hydroxylation sites is 1. The van der Waals surface area contributed by atoms with Gasteiger partial charge >= 0.3 is 0 Å². The molecule has 3 aromatic carbocycles. The van der Waals surface area contributed by atoms with Gasteiger partial charge in [-0.2, -0.15) is 0 Å². The van der Waals surface area contributed by atoms with Crippen LogP contribution < -0.4 is 0 Å². The molecule has 5 rings (SSSR count). The number of carbonyl (C=O) groups is 1. The molecular weight excluding hydrogens is 444 g/mol. The van der Waals surface area contributed by atoms with Crippen LogP contribution in [0, 0.1) is 0 Å². The maximum atomic E-state index is 11.3. The second kappa shape index (κ2) is 9.77. The first-order valence-corrected chi connectivity index (χ1v) is 12.6. The standard InChI is InChI=1S/C28H24N2OS2/c1-30-18-20(19-31)16-17-25(30)26-23-14-8-9-15-24(23)29-27(26)28(32-21-10-4-2-5-11-21)33-22-12-6-3-7-13-22/h2-19,25,28-29H,1H3. The van der Waals surface area contributed by atoms with Crippen LogP contribution in [-0.4, -0.2) is 23.2 Å². The summed E-state index contributed by atoms with van der Waals surface area (Å²) in [5, 5.41) is 1.21. The zero-order chi connectivity index (χ0) is 22.6. The number of benzene rings is 3. The topological polar surface area (TPSA) is 36.1 Å². The second-order valence-corrected chi connectivity index (χ2v) is 10.6. The number of thioether (sulfide) groups is 2. The molecule has 1 aliphatic heterocycles. The summed E-state index contributed by atoms with van der Waals surface area (Å²) < 4.78 is 0.121. The smallest absolute Gasteiger partial charge is 0.151 e. The van der Waals surface area contributed by atoms with Gasteiger partial charge in [-0.1, -0.05) is 66.7 Å². The highest BCUT2D eigenvalue weighted by Gasteiger charge is 2.28. The van der Waals surface area contributed by atoms with E-state index in [2.05, 4.69) is 101 Å². The van der Waals surface area contributed by atoms with Crippen LogP contribution in [0.2, 0.25) is 0 Å². The number of hydrogen-bond acceptors (Lipinski definition) is 4. The lowest BCUT2D eigenvalue weighted by molar-refractivity contribution is -0.104. The van der Waals surface area contributed by atoms with Gasteiger partial charge < -0.3 is 9.88 Å². The van der Waals surface area contributed by atoms with E-state index in [0.29, 0.717) is 5.57 Å². The van der Waals surface area contributed by atoms with Crippen LogP contribution in [0.25, 0.3) is 10.9 Å². The van der Waals surface area contributed by atoms with Gasteiger partial charge in [0.05, 0.1) is 10.6 Å². The highest BCUT2D eigenvalue weighted by atomic mass is 32.2. The van der Waals surface area contributed by atoms with Gasteiger partial charge in [0.1, 0.15) is 0 Å². The van der Waals surface area contributed by atoms with Gasteiger partial charge in [0.25, 0.3) is 0 Å². The molecule has 0 saturated carbocycles. The summed E-state index contributed by atoms with van der Waals surface area (Å²) in [7, 11) is 2.03. The van der Waals surface area contributed by atoms with Crippen molar-refractivity contribution in [2.24, 2.45) is 0 Å². The summed E-state index contributed by atoms with van der Waals surface area (Å²) in [6.07, 6.45) is 6.87. The Morgan fingerprint density at radius 2 is 1.48 bits per heavy atom. The van der Waals surface area contributed by atoms with Crippen molar-refractivity contribution < 1.29 is 4.79 Å². The monoisotopic (exact) mass is 468 g/mol. The molecule has 0 bridgehead atoms. The van der Waals surface area contributed by atoms with Gasteiger partial charge in [-0.15, -0.1) is 23.5 Å². The first-order valence-electron chi connectivity index (χ1n) is 10.8. The molecule has 0 radical (unpaired) electrons. The van der Waals surface area contributed by atoms with Crippen LogP contribution in [0.5, 0.6) is 0 Å². The molecule has 1 aliphatic rings. The van der Waals surface area contributed by atoms with E-state index in [-0.39, 0.29) is 10.6 Å². The Morgan fingerprint density at radius 1 is 0.879 bits per heavy atom. The molecule has 1 aromatic heterocycles. The van der Waals surface area contributed by atoms with E-state index in [4.69, 9.17) is 0 Å². The molecule has 0 amide bonds. The zero-order valence-electron chi connectivity index (χ0n) is 18.2. The lowest BCUT2D eigenvalue weighted by Gasteiger charge is -2.29. The molecule has 164 valence electrons. The normalized spacial score (nSPS) is 15.8. The Morgan fingerprint density at radius 3 is 2.09 bits per heavy atom. The van der Waals surface area contributed by atoms with E-state index in [9.17, 15) is 4.79 Å². The van der Waals surface area contributed by atoms with Crippen molar-refractivity contribution in [1.29, 1.82) is 0 Å². The van der Waals surface area contributed by atoms with E-state index in [1.807, 2.05) is 42.8 Å². The lowest BCUT2D eigenvalue weighted by Crippen LogP contribution is -2.21. The molecule has 5 heteroatoms. The summed E-state index contributed by atoms with van der Waals surface area (Å²) in [5.41, 5.74) is 4.26. The summed E-state index contributed by atoms with van der Waals surface area (Å²) in [4.78, 5) is 19.7. The quantitative estimate of drug-likeness (QED) is 0.174. The van der Waals surface area contributed by atoms with Crippen molar-refractivity contribution in [2.75, 3.05) is 7.05 Å². The number of carbonyl (C=O) groups excluding carboxylic acids is 1. The first kappa shape index (κ1) is 21.7. The van der Waals surface area contributed by atoms with E-state index in [1.165, 1.54) is 26.4 Å². The summed E-state index contributed by atoms with van der Waals surface area (Å²) in [6, 6.07) is 29.6. The number of aromatic nitrogens is 1. The number of nitrogens with zero attached hydrogens (tertiary/aromatic N) is 1. The molecule has 0 aliphatic carbocycles. The number of allylic oxidation sites excluding steroid dienone is 2. The van der Waals surface area contributed by atoms with Crippen LogP contribution >= 0.6 is 23.5 Å². The van der Waals surface area contributed by atoms with Crippen molar-refractivity contribution in [3.63, 3.8) is 0 Å². The highest BCUT2D eigenvalue weighted by Crippen LogP contribution is 2.50. The first-order chi connectivity index (χ1) is 16.2. The van der Waals surface area contributed by atoms with Crippen molar-refractivity contribution >= 4 is 40.7 Å². The number of rotatable bonds is 7. The Labute approximate surface area is 202 Å². The van der Waals surface area contributed by atoms with Crippen molar-refractivity contribution in [3.8, 4) is 0 Å². The molecule has 0 fully saturated rings. The number of nitrogens with one attached hydrogen (secondary N) is 1. The SMILES string of the molecule is CN1C=C(C=O)C=CC1c1c(C(Sc2ccccc2)Sc2ccccc2)[nH]c2ccccc12. The molecule has 4 aromatic rings. The summed E-state index contributed by atoms with van der Waals surface area (Å²) in [5.74, 6) is 0. The van der Waals surface area contributed by atoms with Gasteiger partial charge in [-0.3, -0.25) is 4.79 Å². The fourth-order valence-corrected chi connectivity index (χ4v) is 6.73. The molecule has 1 N–H and O–H groups in total. The van der Waals surface area contributed by atoms with Gasteiger partial charge in [-0.05, 0) is 30.3 Å². The van der Waals surface area contributed by atoms with E-state index in [1.54, 1.807) is 0 Å². The molecule has 1 unspecified atom stereocenters. The van der Waals surface area contributed by atoms with E-state index < -0.39 is 0 Å². The average Bonchev–Trinajstić information content (AvgIpc) is 3.24. The third-order valence-electron chi connectivity index (χ3n) is 5.68. The largest absolute Gasteiger partial charge is 0.369 e. The fraction of sp³-hybridized carbons (Fsp3) is 0.107. The summed E-state index contributed by atoms with van der Waals surface area (Å²) >= 11 is 3.71. The molecular formula is C28H24N2OS2. The number of likely N-dealkylation sites (N-methyl/N-ethyl adjacent to an activating group) is 1. The zero-order valence-corrected chi connectivity index (χ0v) is 19.9. The number of hydrogen-bond donors (Lipinski definition) is 1. The third kappa shape index (κ3) is 4.65. The second-order valence-electron chi connectivity index (χ2n) is 7.91. The number of aromatic amines is 1. The minimum atomic E-state index is 0.0371. The van der Waals surface area contributed by atoms with Gasteiger partial charge in [0.2, 0.25) is 0 Å². The highest BCUT2D eigenvalue weighted by molar-refractivity contribution is 8.16. The number of fused-ring (bicyclic) bond motifs is 1. The predicted molar refractivity (Wildman–Crippen MR) is 139 cm³/mol. The average molecular weight is 469 g/mol. The van der Waals surface area contributed by atoms with Crippen molar-refractivity contribution in [3.05, 3.63) is 120 Å². The van der Waals surface area contributed by atoms with Crippen LogP contribution in [0.4, 0.5) is 0 Å². The molecule has 3 nitrogen and oxygen atoms in total. The van der Waals surface area contributed by atoms with Crippen LogP contribution in [0.1, 0.15) is 21.9 Å². The van der Waals surface area contributed by atoms with Crippen LogP contribution in [-0.2, 0) is 4.79 Å². The Bertz CT molecular complexity index is 1270.